The summed E-state index contributed by atoms with van der Waals surface area (Å²) in [7, 11) is 0. The van der Waals surface area contributed by atoms with E-state index in [4.69, 9.17) is 0 Å². The van der Waals surface area contributed by atoms with Crippen molar-refractivity contribution in [2.75, 3.05) is 0 Å². The summed E-state index contributed by atoms with van der Waals surface area (Å²) in [6.07, 6.45) is 30.4. The molecule has 0 fully saturated rings. The van der Waals surface area contributed by atoms with Crippen molar-refractivity contribution in [2.24, 2.45) is 5.92 Å². The van der Waals surface area contributed by atoms with E-state index in [1.54, 1.807) is 0 Å². The molecule has 24 heavy (non-hydrogen) atoms. The Morgan fingerprint density at radius 2 is 0.917 bits per heavy atom. The van der Waals surface area contributed by atoms with E-state index in [2.05, 4.69) is 32.9 Å². The second kappa shape index (κ2) is 20.8. The van der Waals surface area contributed by atoms with E-state index in [1.807, 2.05) is 0 Å². The molecule has 1 atom stereocenters. The highest BCUT2D eigenvalue weighted by Gasteiger charge is 2.06. The molecule has 0 saturated carbocycles. The van der Waals surface area contributed by atoms with Gasteiger partial charge in [0.25, 0.3) is 0 Å². The molecule has 0 aromatic rings. The average Bonchev–Trinajstić information content (AvgIpc) is 2.59. The van der Waals surface area contributed by atoms with Crippen molar-refractivity contribution in [1.82, 2.24) is 0 Å². The van der Waals surface area contributed by atoms with Gasteiger partial charge in [0.15, 0.2) is 0 Å². The molecule has 0 radical (unpaired) electrons. The fourth-order valence-electron chi connectivity index (χ4n) is 3.67. The topological polar surface area (TPSA) is 0 Å². The van der Waals surface area contributed by atoms with Crippen molar-refractivity contribution >= 4 is 0 Å². The molecular formula is C24H48. The van der Waals surface area contributed by atoms with Gasteiger partial charge in [-0.2, -0.15) is 0 Å². The minimum Gasteiger partial charge on any atom is -0.0885 e. The lowest BCUT2D eigenvalue weighted by Crippen LogP contribution is -2.00. The highest BCUT2D eigenvalue weighted by molar-refractivity contribution is 4.81. The third-order valence-corrected chi connectivity index (χ3v) is 5.29. The zero-order valence-corrected chi connectivity index (χ0v) is 17.5. The number of allylic oxidation sites excluding steroid dienone is 2. The van der Waals surface area contributed by atoms with Crippen molar-refractivity contribution < 1.29 is 0 Å². The van der Waals surface area contributed by atoms with Gasteiger partial charge in [-0.05, 0) is 31.6 Å². The monoisotopic (exact) mass is 336 g/mol. The Morgan fingerprint density at radius 1 is 0.458 bits per heavy atom. The van der Waals surface area contributed by atoms with E-state index >= 15 is 0 Å². The van der Waals surface area contributed by atoms with Gasteiger partial charge in [-0.1, -0.05) is 123 Å². The molecule has 0 spiro atoms. The smallest absolute Gasteiger partial charge is 0.0351 e. The van der Waals surface area contributed by atoms with Crippen LogP contribution in [0.2, 0.25) is 0 Å². The van der Waals surface area contributed by atoms with E-state index in [9.17, 15) is 0 Å². The lowest BCUT2D eigenvalue weighted by Gasteiger charge is -2.15. The van der Waals surface area contributed by atoms with Crippen molar-refractivity contribution in [3.63, 3.8) is 0 Å². The molecule has 0 N–H and O–H groups in total. The summed E-state index contributed by atoms with van der Waals surface area (Å²) in [6.45, 7) is 6.95. The summed E-state index contributed by atoms with van der Waals surface area (Å²) < 4.78 is 0. The summed E-state index contributed by atoms with van der Waals surface area (Å²) in [5.41, 5.74) is 0. The zero-order chi connectivity index (χ0) is 17.7. The van der Waals surface area contributed by atoms with Crippen LogP contribution >= 0.6 is 0 Å². The number of rotatable bonds is 19. The third-order valence-electron chi connectivity index (χ3n) is 5.29. The highest BCUT2D eigenvalue weighted by Crippen LogP contribution is 2.22. The van der Waals surface area contributed by atoms with Gasteiger partial charge >= 0.3 is 0 Å². The molecule has 0 heteroatoms. The maximum absolute atomic E-state index is 2.43. The largest absolute Gasteiger partial charge is 0.0885 e. The minimum atomic E-state index is 1.02. The molecule has 0 rings (SSSR count). The molecule has 0 aromatic heterocycles. The van der Waals surface area contributed by atoms with Crippen molar-refractivity contribution in [3.8, 4) is 0 Å². The number of unbranched alkanes of at least 4 members (excludes halogenated alkanes) is 11. The van der Waals surface area contributed by atoms with Gasteiger partial charge in [-0.15, -0.1) is 0 Å². The van der Waals surface area contributed by atoms with Crippen LogP contribution in [0.3, 0.4) is 0 Å². The first kappa shape index (κ1) is 23.7. The maximum Gasteiger partial charge on any atom is -0.0351 e. The third kappa shape index (κ3) is 18.1. The Balaban J connectivity index is 3.37. The Morgan fingerprint density at radius 3 is 1.46 bits per heavy atom. The molecule has 0 heterocycles. The Kier molecular flexibility index (Phi) is 20.6. The van der Waals surface area contributed by atoms with E-state index in [-0.39, 0.29) is 0 Å². The molecule has 1 unspecified atom stereocenters. The summed E-state index contributed by atoms with van der Waals surface area (Å²) in [5, 5.41) is 0. The molecule has 0 bridgehead atoms. The first-order valence-corrected chi connectivity index (χ1v) is 11.5. The van der Waals surface area contributed by atoms with Gasteiger partial charge in [0.05, 0.1) is 0 Å². The summed E-state index contributed by atoms with van der Waals surface area (Å²) in [4.78, 5) is 0. The van der Waals surface area contributed by atoms with E-state index in [0.717, 1.165) is 5.92 Å². The molecule has 0 aliphatic heterocycles. The quantitative estimate of drug-likeness (QED) is 0.163. The van der Waals surface area contributed by atoms with E-state index in [1.165, 1.54) is 116 Å². The predicted octanol–water partition coefficient (Wildman–Crippen LogP) is 9.24. The highest BCUT2D eigenvalue weighted by atomic mass is 14.1. The number of hydrogen-bond donors (Lipinski definition) is 0. The molecule has 0 amide bonds. The standard InChI is InChI=1S/C24H48/c1-4-7-9-10-11-12-13-14-15-16-17-18-20-23-24(21-6-3)22-19-8-5-2/h13-14,24H,4-12,15-23H2,1-3H3. The second-order valence-electron chi connectivity index (χ2n) is 7.82. The molecule has 0 aliphatic rings. The lowest BCUT2D eigenvalue weighted by atomic mass is 9.91. The molecule has 0 nitrogen and oxygen atoms in total. The first-order chi connectivity index (χ1) is 11.8. The fourth-order valence-corrected chi connectivity index (χ4v) is 3.67. The van der Waals surface area contributed by atoms with Crippen molar-refractivity contribution in [1.29, 1.82) is 0 Å². The van der Waals surface area contributed by atoms with Gasteiger partial charge in [0.1, 0.15) is 0 Å². The van der Waals surface area contributed by atoms with Crippen LogP contribution in [0.5, 0.6) is 0 Å². The van der Waals surface area contributed by atoms with Crippen LogP contribution in [0.4, 0.5) is 0 Å². The molecule has 0 saturated heterocycles. The predicted molar refractivity (Wildman–Crippen MR) is 113 cm³/mol. The first-order valence-electron chi connectivity index (χ1n) is 11.5. The molecule has 144 valence electrons. The normalized spacial score (nSPS) is 13.0. The Labute approximate surface area is 154 Å². The van der Waals surface area contributed by atoms with Crippen LogP contribution in [-0.4, -0.2) is 0 Å². The summed E-state index contributed by atoms with van der Waals surface area (Å²) in [6, 6.07) is 0. The van der Waals surface area contributed by atoms with E-state index in [0.29, 0.717) is 0 Å². The zero-order valence-electron chi connectivity index (χ0n) is 17.5. The Hall–Kier alpha value is -0.260. The second-order valence-corrected chi connectivity index (χ2v) is 7.82. The van der Waals surface area contributed by atoms with Gasteiger partial charge in [-0.25, -0.2) is 0 Å². The Bertz CT molecular complexity index is 240. The van der Waals surface area contributed by atoms with Gasteiger partial charge in [-0.3, -0.25) is 0 Å². The molecular weight excluding hydrogens is 288 g/mol. The molecule has 0 aromatic carbocycles. The van der Waals surface area contributed by atoms with E-state index < -0.39 is 0 Å². The van der Waals surface area contributed by atoms with Gasteiger partial charge < -0.3 is 0 Å². The van der Waals surface area contributed by atoms with Crippen LogP contribution in [0.15, 0.2) is 12.2 Å². The van der Waals surface area contributed by atoms with Crippen LogP contribution in [0.1, 0.15) is 136 Å². The van der Waals surface area contributed by atoms with Crippen LogP contribution in [0, 0.1) is 5.92 Å². The SMILES string of the molecule is CCCCCCCC=CCCCCCCC(CCC)CCCCC. The van der Waals surface area contributed by atoms with Crippen LogP contribution in [0.25, 0.3) is 0 Å². The number of hydrogen-bond acceptors (Lipinski definition) is 0. The van der Waals surface area contributed by atoms with Gasteiger partial charge in [0, 0.05) is 0 Å². The van der Waals surface area contributed by atoms with Gasteiger partial charge in [0.2, 0.25) is 0 Å². The maximum atomic E-state index is 2.43. The minimum absolute atomic E-state index is 1.02. The average molecular weight is 337 g/mol. The summed E-state index contributed by atoms with van der Waals surface area (Å²) in [5.74, 6) is 1.02. The van der Waals surface area contributed by atoms with Crippen LogP contribution in [-0.2, 0) is 0 Å². The summed E-state index contributed by atoms with van der Waals surface area (Å²) >= 11 is 0. The fraction of sp³-hybridized carbons (Fsp3) is 0.917. The lowest BCUT2D eigenvalue weighted by molar-refractivity contribution is 0.381. The van der Waals surface area contributed by atoms with Crippen molar-refractivity contribution in [2.45, 2.75) is 136 Å². The molecule has 0 aliphatic carbocycles. The van der Waals surface area contributed by atoms with Crippen molar-refractivity contribution in [3.05, 3.63) is 12.2 Å². The van der Waals surface area contributed by atoms with Crippen LogP contribution < -0.4 is 0 Å².